The molecule has 6 nitrogen and oxygen atoms in total. The molecule has 19 heavy (non-hydrogen) atoms. The van der Waals surface area contributed by atoms with Gasteiger partial charge in [0.25, 0.3) is 9.05 Å². The van der Waals surface area contributed by atoms with E-state index in [9.17, 15) is 13.2 Å². The molecular formula is C11H16ClN3O3S. The fraction of sp³-hybridized carbons (Fsp3) is 0.455. The van der Waals surface area contributed by atoms with E-state index in [-0.39, 0.29) is 23.4 Å². The molecule has 1 heterocycles. The van der Waals surface area contributed by atoms with E-state index in [1.165, 1.54) is 10.8 Å². The van der Waals surface area contributed by atoms with Gasteiger partial charge >= 0.3 is 0 Å². The Bertz CT molecular complexity index is 578. The van der Waals surface area contributed by atoms with Crippen LogP contribution in [-0.2, 0) is 20.4 Å². The molecule has 0 saturated carbocycles. The largest absolute Gasteiger partial charge is 0.351 e. The average molecular weight is 306 g/mol. The molecule has 1 rings (SSSR count). The predicted octanol–water partition coefficient (Wildman–Crippen LogP) is 1.24. The molecule has 0 radical (unpaired) electrons. The van der Waals surface area contributed by atoms with Crippen LogP contribution in [0.25, 0.3) is 0 Å². The van der Waals surface area contributed by atoms with Crippen LogP contribution in [-0.4, -0.2) is 30.4 Å². The Kier molecular flexibility index (Phi) is 5.13. The Morgan fingerprint density at radius 3 is 2.74 bits per heavy atom. The number of rotatable bonds is 6. The predicted molar refractivity (Wildman–Crippen MR) is 72.6 cm³/mol. The van der Waals surface area contributed by atoms with Crippen molar-refractivity contribution in [1.29, 1.82) is 0 Å². The summed E-state index contributed by atoms with van der Waals surface area (Å²) < 4.78 is 24.0. The quantitative estimate of drug-likeness (QED) is 0.633. The number of carbonyl (C=O) groups excluding carboxylic acids is 1. The number of aromatic nitrogens is 2. The molecule has 106 valence electrons. The molecular weight excluding hydrogens is 290 g/mol. The molecule has 1 N–H and O–H groups in total. The van der Waals surface area contributed by atoms with Gasteiger partial charge in [0.1, 0.15) is 12.4 Å². The lowest BCUT2D eigenvalue weighted by atomic mass is 10.2. The Morgan fingerprint density at radius 2 is 2.26 bits per heavy atom. The minimum absolute atomic E-state index is 0.0131. The van der Waals surface area contributed by atoms with E-state index in [1.54, 1.807) is 6.08 Å². The fourth-order valence-corrected chi connectivity index (χ4v) is 2.19. The van der Waals surface area contributed by atoms with Crippen LogP contribution in [0, 0.1) is 0 Å². The van der Waals surface area contributed by atoms with Gasteiger partial charge < -0.3 is 9.88 Å². The Hall–Kier alpha value is -1.34. The van der Waals surface area contributed by atoms with Crippen molar-refractivity contribution in [3.8, 4) is 0 Å². The summed E-state index contributed by atoms with van der Waals surface area (Å²) in [6.07, 6.45) is 2.83. The van der Waals surface area contributed by atoms with Crippen molar-refractivity contribution >= 4 is 25.6 Å². The van der Waals surface area contributed by atoms with Crippen molar-refractivity contribution in [2.45, 2.75) is 31.3 Å². The van der Waals surface area contributed by atoms with E-state index in [0.717, 1.165) is 0 Å². The normalized spacial score (nSPS) is 11.6. The first-order valence-corrected chi connectivity index (χ1v) is 7.96. The molecule has 0 spiro atoms. The average Bonchev–Trinajstić information content (AvgIpc) is 2.70. The molecule has 1 aromatic heterocycles. The van der Waals surface area contributed by atoms with Gasteiger partial charge in [0, 0.05) is 29.3 Å². The lowest BCUT2D eigenvalue weighted by Gasteiger charge is -2.09. The van der Waals surface area contributed by atoms with E-state index in [1.807, 2.05) is 13.8 Å². The first kappa shape index (κ1) is 15.7. The molecule has 0 saturated heterocycles. The first-order chi connectivity index (χ1) is 8.75. The number of nitrogens with one attached hydrogen (secondary N) is 1. The SMILES string of the molecule is C=CCNC(=O)Cn1cc(S(=O)(=O)Cl)nc1C(C)C. The third-order valence-corrected chi connectivity index (χ3v) is 3.48. The van der Waals surface area contributed by atoms with Crippen LogP contribution in [0.4, 0.5) is 0 Å². The standard InChI is InChI=1S/C11H16ClN3O3S/c1-4-5-13-9(16)6-15-7-10(19(12,17)18)14-11(15)8(2)3/h4,7-8H,1,5-6H2,2-3H3,(H,13,16). The van der Waals surface area contributed by atoms with Crippen molar-refractivity contribution in [3.63, 3.8) is 0 Å². The number of hydrogen-bond donors (Lipinski definition) is 1. The summed E-state index contributed by atoms with van der Waals surface area (Å²) in [7, 11) is 1.35. The summed E-state index contributed by atoms with van der Waals surface area (Å²) >= 11 is 0. The highest BCUT2D eigenvalue weighted by Crippen LogP contribution is 2.19. The van der Waals surface area contributed by atoms with Crippen LogP contribution in [0.1, 0.15) is 25.6 Å². The molecule has 0 fully saturated rings. The number of imidazole rings is 1. The molecule has 0 aliphatic heterocycles. The molecule has 1 aromatic rings. The summed E-state index contributed by atoms with van der Waals surface area (Å²) in [6, 6.07) is 0. The fourth-order valence-electron chi connectivity index (χ4n) is 1.51. The van der Waals surface area contributed by atoms with Crippen LogP contribution in [0.2, 0.25) is 0 Å². The topological polar surface area (TPSA) is 81.1 Å². The smallest absolute Gasteiger partial charge is 0.280 e. The summed E-state index contributed by atoms with van der Waals surface area (Å²) in [5.41, 5.74) is 0. The van der Waals surface area contributed by atoms with Crippen LogP contribution >= 0.6 is 10.7 Å². The molecule has 0 aliphatic rings. The molecule has 8 heteroatoms. The molecule has 0 aromatic carbocycles. The van der Waals surface area contributed by atoms with Gasteiger partial charge in [0.15, 0.2) is 5.03 Å². The van der Waals surface area contributed by atoms with E-state index in [4.69, 9.17) is 10.7 Å². The molecule has 0 aliphatic carbocycles. The number of nitrogens with zero attached hydrogens (tertiary/aromatic N) is 2. The zero-order valence-corrected chi connectivity index (χ0v) is 12.3. The molecule has 0 bridgehead atoms. The van der Waals surface area contributed by atoms with E-state index >= 15 is 0 Å². The molecule has 0 unspecified atom stereocenters. The Balaban J connectivity index is 3.02. The number of hydrogen-bond acceptors (Lipinski definition) is 4. The maximum atomic E-state index is 11.6. The van der Waals surface area contributed by atoms with Crippen molar-refractivity contribution in [1.82, 2.24) is 14.9 Å². The second kappa shape index (κ2) is 6.21. The summed E-state index contributed by atoms with van der Waals surface area (Å²) in [6.45, 7) is 7.54. The highest BCUT2D eigenvalue weighted by molar-refractivity contribution is 8.13. The zero-order chi connectivity index (χ0) is 14.6. The summed E-state index contributed by atoms with van der Waals surface area (Å²) in [5.74, 6) is 0.213. The van der Waals surface area contributed by atoms with Crippen molar-refractivity contribution in [2.24, 2.45) is 0 Å². The first-order valence-electron chi connectivity index (χ1n) is 5.65. The van der Waals surface area contributed by atoms with E-state index < -0.39 is 9.05 Å². The van der Waals surface area contributed by atoms with Crippen molar-refractivity contribution in [3.05, 3.63) is 24.7 Å². The number of amides is 1. The second-order valence-corrected chi connectivity index (χ2v) is 6.76. The van der Waals surface area contributed by atoms with E-state index in [2.05, 4.69) is 16.9 Å². The lowest BCUT2D eigenvalue weighted by Crippen LogP contribution is -2.28. The molecule has 0 atom stereocenters. The monoisotopic (exact) mass is 305 g/mol. The van der Waals surface area contributed by atoms with Gasteiger partial charge in [-0.3, -0.25) is 4.79 Å². The summed E-state index contributed by atoms with van der Waals surface area (Å²) in [4.78, 5) is 15.6. The van der Waals surface area contributed by atoms with Gasteiger partial charge in [-0.1, -0.05) is 19.9 Å². The van der Waals surface area contributed by atoms with Gasteiger partial charge in [-0.2, -0.15) is 0 Å². The minimum atomic E-state index is -3.90. The third kappa shape index (κ3) is 4.36. The number of halogens is 1. The van der Waals surface area contributed by atoms with Gasteiger partial charge in [0.05, 0.1) is 0 Å². The van der Waals surface area contributed by atoms with Crippen molar-refractivity contribution < 1.29 is 13.2 Å². The maximum Gasteiger partial charge on any atom is 0.280 e. The van der Waals surface area contributed by atoms with Crippen LogP contribution in [0.15, 0.2) is 23.9 Å². The third-order valence-electron chi connectivity index (χ3n) is 2.31. The van der Waals surface area contributed by atoms with Gasteiger partial charge in [0.2, 0.25) is 5.91 Å². The maximum absolute atomic E-state index is 11.6. The number of carbonyl (C=O) groups is 1. The van der Waals surface area contributed by atoms with Crippen LogP contribution < -0.4 is 5.32 Å². The van der Waals surface area contributed by atoms with E-state index in [0.29, 0.717) is 12.4 Å². The Morgan fingerprint density at radius 1 is 1.63 bits per heavy atom. The zero-order valence-electron chi connectivity index (χ0n) is 10.8. The second-order valence-electron chi connectivity index (χ2n) is 4.25. The minimum Gasteiger partial charge on any atom is -0.351 e. The van der Waals surface area contributed by atoms with Gasteiger partial charge in [-0.05, 0) is 0 Å². The Labute approximate surface area is 116 Å². The van der Waals surface area contributed by atoms with Gasteiger partial charge in [-0.25, -0.2) is 13.4 Å². The summed E-state index contributed by atoms with van der Waals surface area (Å²) in [5, 5.41) is 2.37. The highest BCUT2D eigenvalue weighted by atomic mass is 35.7. The van der Waals surface area contributed by atoms with Crippen molar-refractivity contribution in [2.75, 3.05) is 6.54 Å². The lowest BCUT2D eigenvalue weighted by molar-refractivity contribution is -0.121. The van der Waals surface area contributed by atoms with Crippen LogP contribution in [0.5, 0.6) is 0 Å². The van der Waals surface area contributed by atoms with Gasteiger partial charge in [-0.15, -0.1) is 6.58 Å². The molecule has 1 amide bonds. The highest BCUT2D eigenvalue weighted by Gasteiger charge is 2.20. The van der Waals surface area contributed by atoms with Crippen LogP contribution in [0.3, 0.4) is 0 Å².